The van der Waals surface area contributed by atoms with Gasteiger partial charge in [-0.25, -0.2) is 0 Å². The van der Waals surface area contributed by atoms with E-state index < -0.39 is 18.2 Å². The quantitative estimate of drug-likeness (QED) is 0.0363. The molecule has 0 bridgehead atoms. The van der Waals surface area contributed by atoms with E-state index in [-0.39, 0.29) is 18.9 Å². The van der Waals surface area contributed by atoms with Crippen LogP contribution in [0.2, 0.25) is 0 Å². The Morgan fingerprint density at radius 3 is 1.12 bits per heavy atom. The van der Waals surface area contributed by atoms with Crippen molar-refractivity contribution in [2.24, 2.45) is 0 Å². The van der Waals surface area contributed by atoms with Gasteiger partial charge in [0.15, 0.2) is 0 Å². The number of aliphatic hydroxyl groups excluding tert-OH is 3. The molecule has 3 atom stereocenters. The monoisotopic (exact) mass is 828 g/mol. The third kappa shape index (κ3) is 45.7. The van der Waals surface area contributed by atoms with Gasteiger partial charge in [0.25, 0.3) is 0 Å². The zero-order chi connectivity index (χ0) is 43.0. The van der Waals surface area contributed by atoms with Crippen LogP contribution in [0.5, 0.6) is 0 Å². The fourth-order valence-electron chi connectivity index (χ4n) is 7.84. The molecule has 0 aliphatic carbocycles. The zero-order valence-corrected chi connectivity index (χ0v) is 39.4. The van der Waals surface area contributed by atoms with Crippen LogP contribution in [0.1, 0.15) is 264 Å². The lowest BCUT2D eigenvalue weighted by Crippen LogP contribution is -2.45. The van der Waals surface area contributed by atoms with Gasteiger partial charge in [-0.1, -0.05) is 236 Å². The number of unbranched alkanes of at least 4 members (excludes halogenated alkanes) is 32. The van der Waals surface area contributed by atoms with Gasteiger partial charge < -0.3 is 20.6 Å². The zero-order valence-electron chi connectivity index (χ0n) is 39.4. The summed E-state index contributed by atoms with van der Waals surface area (Å²) in [5.41, 5.74) is 0. The summed E-state index contributed by atoms with van der Waals surface area (Å²) in [5, 5.41) is 33.2. The third-order valence-corrected chi connectivity index (χ3v) is 11.8. The molecule has 0 aromatic rings. The van der Waals surface area contributed by atoms with E-state index >= 15 is 0 Å². The van der Waals surface area contributed by atoms with Crippen molar-refractivity contribution in [3.05, 3.63) is 48.6 Å². The molecule has 0 aromatic heterocycles. The number of carbonyl (C=O) groups excluding carboxylic acids is 1. The first-order valence-electron chi connectivity index (χ1n) is 25.9. The van der Waals surface area contributed by atoms with Crippen molar-refractivity contribution in [2.75, 3.05) is 6.61 Å². The lowest BCUT2D eigenvalue weighted by molar-refractivity contribution is -0.124. The highest BCUT2D eigenvalue weighted by Crippen LogP contribution is 2.16. The molecule has 3 unspecified atom stereocenters. The Bertz CT molecular complexity index is 958. The molecule has 0 fully saturated rings. The Kier molecular flexibility index (Phi) is 47.6. The second-order valence-electron chi connectivity index (χ2n) is 17.8. The predicted octanol–water partition coefficient (Wildman–Crippen LogP) is 15.7. The smallest absolute Gasteiger partial charge is 0.222 e. The summed E-state index contributed by atoms with van der Waals surface area (Å²) in [7, 11) is 0. The van der Waals surface area contributed by atoms with Crippen LogP contribution < -0.4 is 5.32 Å². The lowest BCUT2D eigenvalue weighted by atomic mass is 10.0. The molecular formula is C54H101NO4. The van der Waals surface area contributed by atoms with Crippen LogP contribution in [0.15, 0.2) is 48.6 Å². The van der Waals surface area contributed by atoms with Crippen LogP contribution in [0.25, 0.3) is 0 Å². The van der Waals surface area contributed by atoms with Gasteiger partial charge in [-0.05, 0) is 70.6 Å². The van der Waals surface area contributed by atoms with E-state index in [1.54, 1.807) is 6.08 Å². The Morgan fingerprint density at radius 2 is 0.729 bits per heavy atom. The van der Waals surface area contributed by atoms with E-state index in [1.165, 1.54) is 199 Å². The van der Waals surface area contributed by atoms with E-state index in [9.17, 15) is 20.1 Å². The highest BCUT2D eigenvalue weighted by Gasteiger charge is 2.20. The van der Waals surface area contributed by atoms with Crippen molar-refractivity contribution >= 4 is 5.91 Å². The molecule has 0 saturated heterocycles. The molecule has 0 spiro atoms. The van der Waals surface area contributed by atoms with Crippen LogP contribution in [0, 0.1) is 0 Å². The van der Waals surface area contributed by atoms with E-state index in [2.05, 4.69) is 55.6 Å². The van der Waals surface area contributed by atoms with Gasteiger partial charge in [0.2, 0.25) is 5.91 Å². The molecule has 0 heterocycles. The first-order chi connectivity index (χ1) is 29.0. The second kappa shape index (κ2) is 49.0. The van der Waals surface area contributed by atoms with Crippen LogP contribution >= 0.6 is 0 Å². The van der Waals surface area contributed by atoms with Crippen LogP contribution in [0.3, 0.4) is 0 Å². The largest absolute Gasteiger partial charge is 0.394 e. The number of hydrogen-bond donors (Lipinski definition) is 4. The molecule has 0 saturated carbocycles. The topological polar surface area (TPSA) is 89.8 Å². The molecule has 59 heavy (non-hydrogen) atoms. The summed E-state index contributed by atoms with van der Waals surface area (Å²) in [6.45, 7) is 4.17. The van der Waals surface area contributed by atoms with Crippen LogP contribution in [0.4, 0.5) is 0 Å². The molecule has 346 valence electrons. The number of aliphatic hydroxyl groups is 3. The van der Waals surface area contributed by atoms with E-state index in [1.807, 2.05) is 6.08 Å². The molecule has 0 aromatic carbocycles. The summed E-state index contributed by atoms with van der Waals surface area (Å²) >= 11 is 0. The van der Waals surface area contributed by atoms with Crippen molar-refractivity contribution < 1.29 is 20.1 Å². The Morgan fingerprint density at radius 1 is 0.424 bits per heavy atom. The second-order valence-corrected chi connectivity index (χ2v) is 17.8. The standard InChI is InChI=1S/C54H101NO4/c1-3-5-7-9-11-13-15-17-18-19-20-21-22-23-24-25-26-27-28-29-30-31-32-33-34-36-37-39-41-43-45-47-51(57)49-54(59)55-52(50-56)53(58)48-46-44-42-40-38-35-16-14-12-10-8-6-4-2/h12,14,23-24,38,40,46,48,51-53,56-58H,3-11,13,15-22,25-37,39,41-45,47,49-50H2,1-2H3,(H,55,59)/b14-12+,24-23-,40-38+,48-46+. The van der Waals surface area contributed by atoms with Crippen LogP contribution in [-0.4, -0.2) is 46.1 Å². The fraction of sp³-hybridized carbons (Fsp3) is 0.833. The Hall–Kier alpha value is -1.69. The van der Waals surface area contributed by atoms with Crippen LogP contribution in [-0.2, 0) is 4.79 Å². The summed E-state index contributed by atoms with van der Waals surface area (Å²) < 4.78 is 0. The molecule has 1 amide bonds. The molecule has 4 N–H and O–H groups in total. The third-order valence-electron chi connectivity index (χ3n) is 11.8. The van der Waals surface area contributed by atoms with Gasteiger partial charge in [-0.2, -0.15) is 0 Å². The van der Waals surface area contributed by atoms with Crippen molar-refractivity contribution in [3.63, 3.8) is 0 Å². The van der Waals surface area contributed by atoms with Gasteiger partial charge in [0.1, 0.15) is 0 Å². The molecule has 0 aliphatic rings. The summed E-state index contributed by atoms with van der Waals surface area (Å²) in [6.07, 6.45) is 64.4. The van der Waals surface area contributed by atoms with Gasteiger partial charge in [-0.15, -0.1) is 0 Å². The number of allylic oxidation sites excluding steroid dienone is 7. The minimum absolute atomic E-state index is 0.00282. The number of nitrogens with one attached hydrogen (secondary N) is 1. The molecule has 0 aliphatic heterocycles. The average Bonchev–Trinajstić information content (AvgIpc) is 3.23. The van der Waals surface area contributed by atoms with Crippen molar-refractivity contribution in [1.82, 2.24) is 5.32 Å². The highest BCUT2D eigenvalue weighted by molar-refractivity contribution is 5.76. The van der Waals surface area contributed by atoms with Crippen molar-refractivity contribution in [2.45, 2.75) is 283 Å². The van der Waals surface area contributed by atoms with Gasteiger partial charge in [-0.3, -0.25) is 4.79 Å². The predicted molar refractivity (Wildman–Crippen MR) is 259 cm³/mol. The van der Waals surface area contributed by atoms with Crippen molar-refractivity contribution in [3.8, 4) is 0 Å². The number of carbonyl (C=O) groups is 1. The molecule has 5 heteroatoms. The normalized spacial score (nSPS) is 13.8. The number of rotatable bonds is 47. The average molecular weight is 828 g/mol. The number of hydrogen-bond acceptors (Lipinski definition) is 4. The van der Waals surface area contributed by atoms with Gasteiger partial charge in [0.05, 0.1) is 31.3 Å². The first kappa shape index (κ1) is 57.3. The first-order valence-corrected chi connectivity index (χ1v) is 25.9. The maximum Gasteiger partial charge on any atom is 0.222 e. The molecule has 0 rings (SSSR count). The number of amides is 1. The van der Waals surface area contributed by atoms with E-state index in [4.69, 9.17) is 0 Å². The maximum absolute atomic E-state index is 12.5. The Balaban J connectivity index is 3.54. The lowest BCUT2D eigenvalue weighted by Gasteiger charge is -2.21. The SMILES string of the molecule is CCCCC/C=C/CC/C=C/CC/C=C/C(O)C(CO)NC(=O)CC(O)CCCCCCCCCCCCCCCCC/C=C\CCCCCCCCCCCCCC. The maximum atomic E-state index is 12.5. The summed E-state index contributed by atoms with van der Waals surface area (Å²) in [6, 6.07) is -0.767. The van der Waals surface area contributed by atoms with E-state index in [0.29, 0.717) is 6.42 Å². The fourth-order valence-corrected chi connectivity index (χ4v) is 7.84. The minimum Gasteiger partial charge on any atom is -0.394 e. The highest BCUT2D eigenvalue weighted by atomic mass is 16.3. The minimum atomic E-state index is -0.959. The Labute approximate surface area is 367 Å². The van der Waals surface area contributed by atoms with Gasteiger partial charge in [0, 0.05) is 0 Å². The molecule has 5 nitrogen and oxygen atoms in total. The molecule has 0 radical (unpaired) electrons. The van der Waals surface area contributed by atoms with Gasteiger partial charge >= 0.3 is 0 Å². The van der Waals surface area contributed by atoms with E-state index in [0.717, 1.165) is 38.5 Å². The summed E-state index contributed by atoms with van der Waals surface area (Å²) in [4.78, 5) is 12.5. The summed E-state index contributed by atoms with van der Waals surface area (Å²) in [5.74, 6) is -0.329. The van der Waals surface area contributed by atoms with Crippen molar-refractivity contribution in [1.29, 1.82) is 0 Å². The molecular weight excluding hydrogens is 727 g/mol.